The molecule has 6 rings (SSSR count). The fourth-order valence-corrected chi connectivity index (χ4v) is 5.42. The van der Waals surface area contributed by atoms with Gasteiger partial charge >= 0.3 is 6.03 Å². The first-order chi connectivity index (χ1) is 18.5. The van der Waals surface area contributed by atoms with Crippen molar-refractivity contribution in [3.8, 4) is 11.4 Å². The molecule has 38 heavy (non-hydrogen) atoms. The average molecular weight is 510 g/mol. The van der Waals surface area contributed by atoms with Crippen LogP contribution >= 0.6 is 0 Å². The van der Waals surface area contributed by atoms with Gasteiger partial charge in [-0.2, -0.15) is 0 Å². The van der Waals surface area contributed by atoms with E-state index in [0.29, 0.717) is 31.7 Å². The normalized spacial score (nSPS) is 17.8. The van der Waals surface area contributed by atoms with Crippen LogP contribution in [0.15, 0.2) is 60.9 Å². The number of nitrogens with one attached hydrogen (secondary N) is 1. The van der Waals surface area contributed by atoms with Crippen LogP contribution in [0.1, 0.15) is 41.6 Å². The van der Waals surface area contributed by atoms with Crippen molar-refractivity contribution < 1.29 is 9.59 Å². The van der Waals surface area contributed by atoms with Gasteiger partial charge in [0, 0.05) is 68.5 Å². The molecule has 1 aromatic carbocycles. The maximum Gasteiger partial charge on any atom is 0.320 e. The summed E-state index contributed by atoms with van der Waals surface area (Å²) < 4.78 is 0. The van der Waals surface area contributed by atoms with Gasteiger partial charge in [0.05, 0.1) is 11.4 Å². The fraction of sp³-hybridized carbons (Fsp3) is 0.345. The Morgan fingerprint density at radius 2 is 1.79 bits per heavy atom. The number of amides is 3. The molecule has 1 atom stereocenters. The van der Waals surface area contributed by atoms with Crippen LogP contribution < -0.4 is 0 Å². The summed E-state index contributed by atoms with van der Waals surface area (Å²) in [6, 6.07) is 15.7. The number of nitrogens with zero attached hydrogens (tertiary/aromatic N) is 6. The lowest BCUT2D eigenvalue weighted by Gasteiger charge is -2.41. The van der Waals surface area contributed by atoms with Gasteiger partial charge in [-0.25, -0.2) is 14.8 Å². The van der Waals surface area contributed by atoms with Crippen molar-refractivity contribution >= 4 is 22.8 Å². The summed E-state index contributed by atoms with van der Waals surface area (Å²) in [6.45, 7) is 5.32. The quantitative estimate of drug-likeness (QED) is 0.449. The Hall–Kier alpha value is -4.27. The van der Waals surface area contributed by atoms with Crippen molar-refractivity contribution in [2.45, 2.75) is 32.2 Å². The highest BCUT2D eigenvalue weighted by molar-refractivity contribution is 5.98. The van der Waals surface area contributed by atoms with E-state index in [9.17, 15) is 9.59 Å². The second-order valence-corrected chi connectivity index (χ2v) is 10.1. The number of likely N-dealkylation sites (tertiary alicyclic amines) is 1. The molecule has 1 unspecified atom stereocenters. The molecule has 2 aliphatic heterocycles. The van der Waals surface area contributed by atoms with Crippen LogP contribution in [0.4, 0.5) is 4.79 Å². The van der Waals surface area contributed by atoms with Gasteiger partial charge in [-0.1, -0.05) is 12.1 Å². The number of pyridine rings is 1. The number of aromatic amines is 1. The molecule has 0 saturated carbocycles. The Morgan fingerprint density at radius 1 is 0.921 bits per heavy atom. The van der Waals surface area contributed by atoms with Crippen molar-refractivity contribution in [1.29, 1.82) is 0 Å². The molecule has 2 aliphatic rings. The van der Waals surface area contributed by atoms with Crippen LogP contribution in [0.25, 0.3) is 22.3 Å². The van der Waals surface area contributed by atoms with E-state index in [4.69, 9.17) is 4.98 Å². The molecule has 2 fully saturated rings. The predicted molar refractivity (Wildman–Crippen MR) is 145 cm³/mol. The van der Waals surface area contributed by atoms with Gasteiger partial charge in [0.25, 0.3) is 5.91 Å². The Balaban J connectivity index is 1.14. The van der Waals surface area contributed by atoms with E-state index in [1.54, 1.807) is 12.4 Å². The van der Waals surface area contributed by atoms with Crippen LogP contribution in [0, 0.1) is 0 Å². The van der Waals surface area contributed by atoms with Crippen molar-refractivity contribution in [3.05, 3.63) is 78.0 Å². The lowest BCUT2D eigenvalue weighted by molar-refractivity contribution is 0.0538. The minimum Gasteiger partial charge on any atom is -0.351 e. The molecular weight excluding hydrogens is 478 g/mol. The number of aromatic nitrogens is 4. The number of hydrogen-bond donors (Lipinski definition) is 1. The van der Waals surface area contributed by atoms with Gasteiger partial charge in [0.15, 0.2) is 0 Å². The Labute approximate surface area is 221 Å². The minimum atomic E-state index is -0.0331. The van der Waals surface area contributed by atoms with Crippen LogP contribution in [0.5, 0.6) is 0 Å². The lowest BCUT2D eigenvalue weighted by Crippen LogP contribution is -2.58. The molecule has 9 heteroatoms. The zero-order valence-electron chi connectivity index (χ0n) is 21.5. The van der Waals surface area contributed by atoms with Crippen molar-refractivity contribution in [2.24, 2.45) is 0 Å². The Bertz CT molecular complexity index is 1460. The molecule has 3 amide bonds. The molecule has 194 valence electrons. The molecule has 0 bridgehead atoms. The van der Waals surface area contributed by atoms with Crippen LogP contribution in [-0.2, 0) is 6.42 Å². The molecule has 4 aromatic rings. The molecular formula is C29H31N7O2. The second kappa shape index (κ2) is 10.2. The van der Waals surface area contributed by atoms with E-state index in [1.807, 2.05) is 64.1 Å². The summed E-state index contributed by atoms with van der Waals surface area (Å²) in [5.41, 5.74) is 4.16. The van der Waals surface area contributed by atoms with E-state index in [-0.39, 0.29) is 18.0 Å². The zero-order valence-corrected chi connectivity index (χ0v) is 21.5. The predicted octanol–water partition coefficient (Wildman–Crippen LogP) is 3.97. The minimum absolute atomic E-state index is 0.0152. The maximum absolute atomic E-state index is 13.4. The number of carbonyl (C=O) groups excluding carboxylic acids is 2. The molecule has 1 N–H and O–H groups in total. The Kier molecular flexibility index (Phi) is 6.49. The standard InChI is InChI=1S/C29H31N7O2/c1-20-19-35(14-15-36(20)29(38)34-12-4-5-13-34)28(37)26-18-22-16-21(7-8-23(22)32-26)17-27-31-11-9-25(33-27)24-6-2-3-10-30-24/h2-3,6-11,16,18,20,32H,4-5,12-15,17,19H2,1H3. The summed E-state index contributed by atoms with van der Waals surface area (Å²) in [6.07, 6.45) is 6.24. The summed E-state index contributed by atoms with van der Waals surface area (Å²) in [5, 5.41) is 0.975. The number of H-pyrrole nitrogens is 1. The molecule has 0 radical (unpaired) electrons. The topological polar surface area (TPSA) is 98.3 Å². The molecule has 0 aliphatic carbocycles. The summed E-state index contributed by atoms with van der Waals surface area (Å²) in [5.74, 6) is 0.684. The second-order valence-electron chi connectivity index (χ2n) is 10.1. The summed E-state index contributed by atoms with van der Waals surface area (Å²) in [4.78, 5) is 48.7. The van der Waals surface area contributed by atoms with Crippen molar-refractivity contribution in [2.75, 3.05) is 32.7 Å². The smallest absolute Gasteiger partial charge is 0.320 e. The van der Waals surface area contributed by atoms with E-state index in [1.165, 1.54) is 0 Å². The third kappa shape index (κ3) is 4.83. The largest absolute Gasteiger partial charge is 0.351 e. The highest BCUT2D eigenvalue weighted by Gasteiger charge is 2.33. The monoisotopic (exact) mass is 509 g/mol. The number of carbonyl (C=O) groups is 2. The van der Waals surface area contributed by atoms with Crippen molar-refractivity contribution in [1.82, 2.24) is 34.6 Å². The van der Waals surface area contributed by atoms with E-state index < -0.39 is 0 Å². The number of urea groups is 1. The average Bonchev–Trinajstić information content (AvgIpc) is 3.63. The van der Waals surface area contributed by atoms with Gasteiger partial charge in [-0.15, -0.1) is 0 Å². The van der Waals surface area contributed by atoms with Gasteiger partial charge in [0.2, 0.25) is 0 Å². The third-order valence-corrected chi connectivity index (χ3v) is 7.45. The SMILES string of the molecule is CC1CN(C(=O)c2cc3cc(Cc4nccc(-c5ccccn5)n4)ccc3[nH]2)CCN1C(=O)N1CCCC1. The number of hydrogen-bond acceptors (Lipinski definition) is 5. The van der Waals surface area contributed by atoms with Crippen LogP contribution in [0.2, 0.25) is 0 Å². The third-order valence-electron chi connectivity index (χ3n) is 7.45. The van der Waals surface area contributed by atoms with E-state index in [0.717, 1.165) is 59.6 Å². The number of fused-ring (bicyclic) bond motifs is 1. The van der Waals surface area contributed by atoms with E-state index >= 15 is 0 Å². The summed E-state index contributed by atoms with van der Waals surface area (Å²) >= 11 is 0. The van der Waals surface area contributed by atoms with Crippen LogP contribution in [0.3, 0.4) is 0 Å². The van der Waals surface area contributed by atoms with Gasteiger partial charge in [-0.3, -0.25) is 9.78 Å². The van der Waals surface area contributed by atoms with Crippen molar-refractivity contribution in [3.63, 3.8) is 0 Å². The molecule has 3 aromatic heterocycles. The lowest BCUT2D eigenvalue weighted by atomic mass is 10.1. The highest BCUT2D eigenvalue weighted by atomic mass is 16.2. The summed E-state index contributed by atoms with van der Waals surface area (Å²) in [7, 11) is 0. The first-order valence-electron chi connectivity index (χ1n) is 13.2. The fourth-order valence-electron chi connectivity index (χ4n) is 5.42. The zero-order chi connectivity index (χ0) is 26.1. The maximum atomic E-state index is 13.4. The number of benzene rings is 1. The Morgan fingerprint density at radius 3 is 2.58 bits per heavy atom. The van der Waals surface area contributed by atoms with E-state index in [2.05, 4.69) is 21.0 Å². The number of piperazine rings is 1. The highest BCUT2D eigenvalue weighted by Crippen LogP contribution is 2.22. The molecule has 5 heterocycles. The first kappa shape index (κ1) is 24.1. The number of rotatable bonds is 4. The van der Waals surface area contributed by atoms with Crippen LogP contribution in [-0.4, -0.2) is 85.3 Å². The molecule has 0 spiro atoms. The molecule has 2 saturated heterocycles. The first-order valence-corrected chi connectivity index (χ1v) is 13.2. The molecule has 9 nitrogen and oxygen atoms in total. The van der Waals surface area contributed by atoms with Gasteiger partial charge in [-0.05, 0) is 61.7 Å². The van der Waals surface area contributed by atoms with Gasteiger partial charge in [0.1, 0.15) is 11.5 Å². The van der Waals surface area contributed by atoms with Gasteiger partial charge < -0.3 is 19.7 Å².